The first-order valence-electron chi connectivity index (χ1n) is 7.18. The molecule has 1 aliphatic heterocycles. The zero-order valence-electron chi connectivity index (χ0n) is 12.5. The summed E-state index contributed by atoms with van der Waals surface area (Å²) in [5, 5.41) is 14.6. The second-order valence-electron chi connectivity index (χ2n) is 5.24. The third-order valence-corrected chi connectivity index (χ3v) is 3.74. The molecule has 2 aromatic rings. The summed E-state index contributed by atoms with van der Waals surface area (Å²) in [6, 6.07) is 7.74. The van der Waals surface area contributed by atoms with Gasteiger partial charge in [-0.15, -0.1) is 0 Å². The smallest absolute Gasteiger partial charge is 0.337 e. The SMILES string of the molecule is CCN1NC(Nc2cnccc2C(=O)O)c2cc(C)ccc21. The number of pyridine rings is 1. The number of fused-ring (bicyclic) bond motifs is 1. The van der Waals surface area contributed by atoms with Crippen molar-refractivity contribution < 1.29 is 9.90 Å². The van der Waals surface area contributed by atoms with Crippen LogP contribution in [0.2, 0.25) is 0 Å². The number of anilines is 2. The van der Waals surface area contributed by atoms with Crippen molar-refractivity contribution in [3.63, 3.8) is 0 Å². The summed E-state index contributed by atoms with van der Waals surface area (Å²) in [5.74, 6) is -0.972. The van der Waals surface area contributed by atoms with E-state index in [9.17, 15) is 9.90 Å². The molecule has 6 nitrogen and oxygen atoms in total. The van der Waals surface area contributed by atoms with E-state index < -0.39 is 5.97 Å². The monoisotopic (exact) mass is 298 g/mol. The van der Waals surface area contributed by atoms with Crippen LogP contribution in [0.4, 0.5) is 11.4 Å². The fourth-order valence-electron chi connectivity index (χ4n) is 2.67. The van der Waals surface area contributed by atoms with Crippen molar-refractivity contribution in [1.29, 1.82) is 0 Å². The Morgan fingerprint density at radius 3 is 3.00 bits per heavy atom. The zero-order chi connectivity index (χ0) is 15.7. The third kappa shape index (κ3) is 2.48. The van der Waals surface area contributed by atoms with Gasteiger partial charge in [0.1, 0.15) is 6.17 Å². The molecule has 6 heteroatoms. The van der Waals surface area contributed by atoms with Crippen LogP contribution >= 0.6 is 0 Å². The zero-order valence-corrected chi connectivity index (χ0v) is 12.5. The van der Waals surface area contributed by atoms with Gasteiger partial charge in [-0.25, -0.2) is 10.2 Å². The Morgan fingerprint density at radius 1 is 1.45 bits per heavy atom. The lowest BCUT2D eigenvalue weighted by Crippen LogP contribution is -2.37. The maximum Gasteiger partial charge on any atom is 0.337 e. The summed E-state index contributed by atoms with van der Waals surface area (Å²) in [5.41, 5.74) is 7.42. The normalized spacial score (nSPS) is 16.5. The molecular formula is C16H18N4O2. The van der Waals surface area contributed by atoms with Crippen molar-refractivity contribution in [3.8, 4) is 0 Å². The van der Waals surface area contributed by atoms with Crippen LogP contribution in [0.1, 0.15) is 34.6 Å². The molecule has 1 aromatic heterocycles. The van der Waals surface area contributed by atoms with Gasteiger partial charge in [0.2, 0.25) is 0 Å². The van der Waals surface area contributed by atoms with Gasteiger partial charge in [-0.05, 0) is 26.0 Å². The Hall–Kier alpha value is -2.60. The van der Waals surface area contributed by atoms with Crippen LogP contribution in [0.15, 0.2) is 36.7 Å². The molecule has 0 bridgehead atoms. The number of hydrogen-bond acceptors (Lipinski definition) is 5. The highest BCUT2D eigenvalue weighted by Gasteiger charge is 2.28. The van der Waals surface area contributed by atoms with Crippen molar-refractivity contribution in [3.05, 3.63) is 53.3 Å². The average Bonchev–Trinajstić information content (AvgIpc) is 2.85. The molecule has 3 rings (SSSR count). The Morgan fingerprint density at radius 2 is 2.27 bits per heavy atom. The van der Waals surface area contributed by atoms with Crippen LogP contribution in [-0.2, 0) is 0 Å². The molecular weight excluding hydrogens is 280 g/mol. The number of nitrogens with zero attached hydrogens (tertiary/aromatic N) is 2. The van der Waals surface area contributed by atoms with Crippen LogP contribution < -0.4 is 15.8 Å². The predicted molar refractivity (Wildman–Crippen MR) is 84.9 cm³/mol. The molecule has 0 aliphatic carbocycles. The number of aromatic carboxylic acids is 1. The highest BCUT2D eigenvalue weighted by molar-refractivity contribution is 5.94. The van der Waals surface area contributed by atoms with Crippen molar-refractivity contribution in [2.75, 3.05) is 16.9 Å². The lowest BCUT2D eigenvalue weighted by atomic mass is 10.1. The van der Waals surface area contributed by atoms with Gasteiger partial charge in [-0.2, -0.15) is 0 Å². The van der Waals surface area contributed by atoms with E-state index in [1.165, 1.54) is 18.5 Å². The molecule has 0 radical (unpaired) electrons. The quantitative estimate of drug-likeness (QED) is 0.805. The van der Waals surface area contributed by atoms with Crippen LogP contribution in [0.3, 0.4) is 0 Å². The van der Waals surface area contributed by atoms with Crippen molar-refractivity contribution >= 4 is 17.3 Å². The molecule has 22 heavy (non-hydrogen) atoms. The van der Waals surface area contributed by atoms with Gasteiger partial charge in [0.25, 0.3) is 0 Å². The molecule has 2 heterocycles. The molecule has 1 unspecified atom stereocenters. The van der Waals surface area contributed by atoms with Gasteiger partial charge >= 0.3 is 5.97 Å². The highest BCUT2D eigenvalue weighted by Crippen LogP contribution is 2.34. The summed E-state index contributed by atoms with van der Waals surface area (Å²) >= 11 is 0. The number of rotatable bonds is 4. The topological polar surface area (TPSA) is 77.5 Å². The van der Waals surface area contributed by atoms with Gasteiger partial charge in [-0.1, -0.05) is 17.7 Å². The molecule has 1 aliphatic rings. The second kappa shape index (κ2) is 5.65. The summed E-state index contributed by atoms with van der Waals surface area (Å²) in [6.45, 7) is 4.91. The van der Waals surface area contributed by atoms with Crippen LogP contribution in [0, 0.1) is 6.92 Å². The lowest BCUT2D eigenvalue weighted by Gasteiger charge is -2.20. The Balaban J connectivity index is 1.95. The van der Waals surface area contributed by atoms with E-state index in [1.807, 2.05) is 11.9 Å². The summed E-state index contributed by atoms with van der Waals surface area (Å²) in [7, 11) is 0. The molecule has 1 atom stereocenters. The van der Waals surface area contributed by atoms with E-state index in [0.29, 0.717) is 5.69 Å². The van der Waals surface area contributed by atoms with Crippen molar-refractivity contribution in [1.82, 2.24) is 10.4 Å². The number of benzene rings is 1. The molecule has 0 amide bonds. The van der Waals surface area contributed by atoms with Gasteiger partial charge in [0, 0.05) is 18.3 Å². The van der Waals surface area contributed by atoms with Crippen LogP contribution in [0.5, 0.6) is 0 Å². The molecule has 114 valence electrons. The molecule has 1 aromatic carbocycles. The lowest BCUT2D eigenvalue weighted by molar-refractivity contribution is 0.0697. The fraction of sp³-hybridized carbons (Fsp3) is 0.250. The Labute approximate surface area is 128 Å². The Bertz CT molecular complexity index is 717. The number of carboxylic acid groups (broad SMARTS) is 1. The maximum absolute atomic E-state index is 11.3. The number of carbonyl (C=O) groups is 1. The third-order valence-electron chi connectivity index (χ3n) is 3.74. The maximum atomic E-state index is 11.3. The number of carboxylic acids is 1. The van der Waals surface area contributed by atoms with E-state index in [4.69, 9.17) is 0 Å². The minimum absolute atomic E-state index is 0.183. The fourth-order valence-corrected chi connectivity index (χ4v) is 2.67. The number of nitrogens with one attached hydrogen (secondary N) is 2. The number of aromatic nitrogens is 1. The minimum Gasteiger partial charge on any atom is -0.478 e. The summed E-state index contributed by atoms with van der Waals surface area (Å²) in [6.07, 6.45) is 2.83. The van der Waals surface area contributed by atoms with Gasteiger partial charge in [-0.3, -0.25) is 4.98 Å². The first-order chi connectivity index (χ1) is 10.6. The largest absolute Gasteiger partial charge is 0.478 e. The minimum atomic E-state index is -0.972. The van der Waals surface area contributed by atoms with E-state index in [0.717, 1.165) is 23.4 Å². The van der Waals surface area contributed by atoms with E-state index in [2.05, 4.69) is 40.8 Å². The van der Waals surface area contributed by atoms with E-state index in [-0.39, 0.29) is 11.7 Å². The van der Waals surface area contributed by atoms with Crippen molar-refractivity contribution in [2.45, 2.75) is 20.0 Å². The average molecular weight is 298 g/mol. The first kappa shape index (κ1) is 14.3. The van der Waals surface area contributed by atoms with Gasteiger partial charge in [0.05, 0.1) is 23.1 Å². The molecule has 0 saturated carbocycles. The van der Waals surface area contributed by atoms with E-state index in [1.54, 1.807) is 0 Å². The molecule has 0 spiro atoms. The first-order valence-corrected chi connectivity index (χ1v) is 7.18. The van der Waals surface area contributed by atoms with Gasteiger partial charge < -0.3 is 15.4 Å². The van der Waals surface area contributed by atoms with Crippen LogP contribution in [-0.4, -0.2) is 22.6 Å². The van der Waals surface area contributed by atoms with Crippen LogP contribution in [0.25, 0.3) is 0 Å². The summed E-state index contributed by atoms with van der Waals surface area (Å²) in [4.78, 5) is 15.3. The Kier molecular flexibility index (Phi) is 3.68. The summed E-state index contributed by atoms with van der Waals surface area (Å²) < 4.78 is 0. The van der Waals surface area contributed by atoms with Gasteiger partial charge in [0.15, 0.2) is 0 Å². The van der Waals surface area contributed by atoms with E-state index >= 15 is 0 Å². The predicted octanol–water partition coefficient (Wildman–Crippen LogP) is 2.54. The number of hydrazine groups is 1. The van der Waals surface area contributed by atoms with Crippen molar-refractivity contribution in [2.24, 2.45) is 0 Å². The number of hydrogen-bond donors (Lipinski definition) is 3. The molecule has 3 N–H and O–H groups in total. The molecule has 0 saturated heterocycles. The standard InChI is InChI=1S/C16H18N4O2/c1-3-20-14-5-4-10(2)8-12(14)15(19-20)18-13-9-17-7-6-11(13)16(21)22/h4-9,15,18-19H,3H2,1-2H3,(H,21,22). The number of aryl methyl sites for hydroxylation is 1. The highest BCUT2D eigenvalue weighted by atomic mass is 16.4. The second-order valence-corrected chi connectivity index (χ2v) is 5.24. The molecule has 0 fully saturated rings.